The maximum Gasteiger partial charge on any atom is 0.707 e. The smallest absolute Gasteiger partial charge is 0.511 e. The molecule has 0 saturated carbocycles. The highest BCUT2D eigenvalue weighted by Crippen LogP contribution is 2.59. The lowest BCUT2D eigenvalue weighted by atomic mass is 9.97. The first kappa shape index (κ1) is 35.3. The van der Waals surface area contributed by atoms with Gasteiger partial charge in [-0.1, -0.05) is 143 Å². The van der Waals surface area contributed by atoms with Crippen molar-refractivity contribution < 1.29 is 14.7 Å². The lowest BCUT2D eigenvalue weighted by molar-refractivity contribution is 0.289. The van der Waals surface area contributed by atoms with Gasteiger partial charge in [-0.25, -0.2) is 0 Å². The Morgan fingerprint density at radius 3 is 1.25 bits per heavy atom. The molecule has 0 atom stereocenters. The van der Waals surface area contributed by atoms with Gasteiger partial charge in [0.25, 0.3) is 0 Å². The molecular weight excluding hydrogens is 736 g/mol. The highest BCUT2D eigenvalue weighted by atomic mass is 35.5. The van der Waals surface area contributed by atoms with Crippen molar-refractivity contribution >= 4 is 115 Å². The van der Waals surface area contributed by atoms with Crippen molar-refractivity contribution in [2.45, 2.75) is 0 Å². The Hall–Kier alpha value is -4.09. The van der Waals surface area contributed by atoms with Crippen molar-refractivity contribution in [3.8, 4) is 5.75 Å². The first-order valence-electron chi connectivity index (χ1n) is 16.1. The molecule has 9 heteroatoms. The Morgan fingerprint density at radius 2 is 0.804 bits per heavy atom. The predicted molar refractivity (Wildman–Crippen MR) is 221 cm³/mol. The van der Waals surface area contributed by atoms with E-state index in [2.05, 4.69) is 30.3 Å². The number of fused-ring (bicyclic) bond motifs is 4. The summed E-state index contributed by atoms with van der Waals surface area (Å²) in [7, 11) is -4.42. The molecule has 8 rings (SSSR count). The van der Waals surface area contributed by atoms with Crippen molar-refractivity contribution in [2.24, 2.45) is 0 Å². The highest BCUT2D eigenvalue weighted by Gasteiger charge is 2.53. The van der Waals surface area contributed by atoms with Crippen LogP contribution in [0.25, 0.3) is 32.3 Å². The van der Waals surface area contributed by atoms with Crippen LogP contribution in [0, 0.1) is 0 Å². The van der Waals surface area contributed by atoms with E-state index in [0.717, 1.165) is 48.1 Å². The predicted octanol–water partition coefficient (Wildman–Crippen LogP) is 10.4. The van der Waals surface area contributed by atoms with Crippen molar-refractivity contribution in [2.75, 3.05) is 0 Å². The summed E-state index contributed by atoms with van der Waals surface area (Å²) in [4.78, 5) is 0. The topological polar surface area (TPSA) is 49.7 Å². The minimum atomic E-state index is -2.58. The third kappa shape index (κ3) is 6.82. The Balaban J connectivity index is 0.000000165. The first-order valence-corrected chi connectivity index (χ1v) is 19.4. The summed E-state index contributed by atoms with van der Waals surface area (Å²) in [5, 5.41) is 31.1. The molecule has 0 radical (unpaired) electrons. The molecule has 250 valence electrons. The molecule has 3 nitrogen and oxygen atoms in total. The fraction of sp³-hybridized carbons (Fsp3) is 0. The zero-order chi connectivity index (χ0) is 35.5. The van der Waals surface area contributed by atoms with Crippen LogP contribution >= 0.6 is 53.7 Å². The monoisotopic (exact) mass is 763 g/mol. The van der Waals surface area contributed by atoms with Gasteiger partial charge in [-0.3, -0.25) is 0 Å². The maximum atomic E-state index is 9.14. The van der Waals surface area contributed by atoms with E-state index in [9.17, 15) is 0 Å². The number of hydrogen-bond acceptors (Lipinski definition) is 3. The molecule has 51 heavy (non-hydrogen) atoms. The van der Waals surface area contributed by atoms with E-state index in [1.165, 1.54) is 5.39 Å². The Bertz CT molecular complexity index is 2340. The molecule has 0 aromatic heterocycles. The minimum absolute atomic E-state index is 0.466. The summed E-state index contributed by atoms with van der Waals surface area (Å²) in [6.45, 7) is 0. The van der Waals surface area contributed by atoms with Gasteiger partial charge < -0.3 is 14.7 Å². The van der Waals surface area contributed by atoms with Gasteiger partial charge in [0, 0.05) is 5.39 Å². The lowest BCUT2D eigenvalue weighted by Gasteiger charge is -2.30. The molecule has 0 aliphatic carbocycles. The number of benzene rings is 8. The van der Waals surface area contributed by atoms with Crippen LogP contribution in [0.5, 0.6) is 5.75 Å². The van der Waals surface area contributed by atoms with Gasteiger partial charge in [0.15, 0.2) is 7.26 Å². The molecule has 0 bridgehead atoms. The number of hydrogen-bond donors (Lipinski definition) is 2. The van der Waals surface area contributed by atoms with Gasteiger partial charge in [0.05, 0.1) is 20.1 Å². The van der Waals surface area contributed by atoms with E-state index in [1.807, 2.05) is 127 Å². The molecule has 0 spiro atoms. The maximum absolute atomic E-state index is 9.14. The van der Waals surface area contributed by atoms with Crippen LogP contribution in [0.4, 0.5) is 0 Å². The minimum Gasteiger partial charge on any atom is -0.511 e. The molecule has 2 N–H and O–H groups in total. The van der Waals surface area contributed by atoms with Crippen molar-refractivity contribution in [1.29, 1.82) is 0 Å². The van der Waals surface area contributed by atoms with Crippen LogP contribution in [0.2, 0.25) is 20.1 Å². The highest BCUT2D eigenvalue weighted by molar-refractivity contribution is 8.02. The average Bonchev–Trinajstić information content (AvgIpc) is 3.13. The van der Waals surface area contributed by atoms with Gasteiger partial charge in [-0.15, -0.1) is 0 Å². The van der Waals surface area contributed by atoms with Crippen LogP contribution in [-0.4, -0.2) is 17.4 Å². The third-order valence-electron chi connectivity index (χ3n) is 8.78. The summed E-state index contributed by atoms with van der Waals surface area (Å²) in [6, 6.07) is 53.5. The zero-order valence-electron chi connectivity index (χ0n) is 26.9. The van der Waals surface area contributed by atoms with Crippen LogP contribution in [0.15, 0.2) is 164 Å². The molecule has 8 aromatic rings. The molecule has 0 amide bonds. The van der Waals surface area contributed by atoms with E-state index in [4.69, 9.17) is 61.1 Å². The van der Waals surface area contributed by atoms with Crippen molar-refractivity contribution in [3.05, 3.63) is 184 Å². The van der Waals surface area contributed by atoms with Crippen molar-refractivity contribution in [3.63, 3.8) is 0 Å². The normalized spacial score (nSPS) is 11.3. The second-order valence-corrected chi connectivity index (χ2v) is 16.7. The van der Waals surface area contributed by atoms with Gasteiger partial charge in [0.1, 0.15) is 27.0 Å². The molecular formula is C42H29BCl4O3P+. The molecule has 0 fully saturated rings. The second kappa shape index (κ2) is 15.3. The first-order chi connectivity index (χ1) is 24.8. The van der Waals surface area contributed by atoms with Crippen molar-refractivity contribution in [1.82, 2.24) is 0 Å². The second-order valence-electron chi connectivity index (χ2n) is 11.8. The summed E-state index contributed by atoms with van der Waals surface area (Å²) < 4.78 is 5.16. The molecule has 0 unspecified atom stereocenters. The summed E-state index contributed by atoms with van der Waals surface area (Å²) in [5.74, 6) is 0.466. The van der Waals surface area contributed by atoms with Crippen LogP contribution in [0.1, 0.15) is 0 Å². The van der Waals surface area contributed by atoms with Gasteiger partial charge in [-0.2, -0.15) is 0 Å². The van der Waals surface area contributed by atoms with E-state index >= 15 is 0 Å². The molecule has 0 saturated heterocycles. The van der Waals surface area contributed by atoms with Gasteiger partial charge >= 0.3 is 7.32 Å². The Morgan fingerprint density at radius 1 is 0.412 bits per heavy atom. The fourth-order valence-corrected chi connectivity index (χ4v) is 13.1. The molecule has 8 aromatic carbocycles. The molecule has 0 heterocycles. The zero-order valence-corrected chi connectivity index (χ0v) is 30.8. The number of rotatable bonds is 6. The van der Waals surface area contributed by atoms with E-state index in [1.54, 1.807) is 6.07 Å². The van der Waals surface area contributed by atoms with Crippen LogP contribution < -0.4 is 25.9 Å². The fourth-order valence-electron chi connectivity index (χ4n) is 6.65. The largest absolute Gasteiger partial charge is 0.707 e. The van der Waals surface area contributed by atoms with Gasteiger partial charge in [-0.05, 0) is 93.7 Å². The summed E-state index contributed by atoms with van der Waals surface area (Å²) in [6.07, 6.45) is 0. The third-order valence-corrected chi connectivity index (χ3v) is 15.1. The number of halogens is 4. The average molecular weight is 765 g/mol. The van der Waals surface area contributed by atoms with Crippen LogP contribution in [-0.2, 0) is 0 Å². The van der Waals surface area contributed by atoms with Crippen LogP contribution in [0.3, 0.4) is 0 Å². The van der Waals surface area contributed by atoms with Gasteiger partial charge in [0.2, 0.25) is 0 Å². The molecule has 0 aliphatic heterocycles. The summed E-state index contributed by atoms with van der Waals surface area (Å²) in [5.41, 5.74) is 0. The molecule has 0 aliphatic rings. The summed E-state index contributed by atoms with van der Waals surface area (Å²) >= 11 is 27.3. The Kier molecular flexibility index (Phi) is 10.6. The quantitative estimate of drug-likeness (QED) is 0.0767. The lowest BCUT2D eigenvalue weighted by Crippen LogP contribution is -2.40. The van der Waals surface area contributed by atoms with E-state index in [-0.39, 0.29) is 0 Å². The van der Waals surface area contributed by atoms with E-state index < -0.39 is 14.6 Å². The Labute approximate surface area is 317 Å². The van der Waals surface area contributed by atoms with E-state index in [0.29, 0.717) is 25.8 Å². The SMILES string of the molecule is Clc1ccccc1[P+](c1ccccc1Cl)(c1ccccc1Cl)c1ccccc1Cl.OB(O)Oc1cccc2ccc3cc4ccccc4cc3c12. The standard InChI is InChI=1S/C24H16Cl4P.C18H13BO3/c25-17-9-1-5-13-21(17)29(22-14-6-2-10-18(22)26,23-15-7-3-11-19(23)27)24-16-8-4-12-20(24)28;20-19(21)22-17-7-3-6-12-8-9-15-10-13-4-1-2-5-14(13)11-16(15)18(12)17/h1-16H;1-11,20-21H/q+1;.